The van der Waals surface area contributed by atoms with Crippen LogP contribution in [0.5, 0.6) is 5.75 Å². The molecule has 0 bridgehead atoms. The van der Waals surface area contributed by atoms with Crippen molar-refractivity contribution in [3.05, 3.63) is 77.0 Å². The second kappa shape index (κ2) is 8.07. The van der Waals surface area contributed by atoms with E-state index in [1.165, 1.54) is 5.56 Å². The largest absolute Gasteiger partial charge is 0.494 e. The highest BCUT2D eigenvalue weighted by molar-refractivity contribution is 6.30. The molecule has 0 fully saturated rings. The number of nitrogens with one attached hydrogen (secondary N) is 1. The molecule has 0 radical (unpaired) electrons. The highest BCUT2D eigenvalue weighted by atomic mass is 35.5. The molecule has 2 aromatic heterocycles. The van der Waals surface area contributed by atoms with Gasteiger partial charge in [-0.25, -0.2) is 9.67 Å². The Labute approximate surface area is 185 Å². The van der Waals surface area contributed by atoms with Crippen LogP contribution in [-0.4, -0.2) is 31.7 Å². The number of aromatic nitrogens is 5. The molecule has 2 aromatic carbocycles. The second-order valence-electron chi connectivity index (χ2n) is 7.72. The Hall–Kier alpha value is -3.32. The van der Waals surface area contributed by atoms with Crippen molar-refractivity contribution in [3.8, 4) is 11.4 Å². The number of methoxy groups -OCH3 is 1. The quantitative estimate of drug-likeness (QED) is 0.473. The maximum atomic E-state index is 6.06. The lowest BCUT2D eigenvalue weighted by Crippen LogP contribution is -2.20. The Morgan fingerprint density at radius 2 is 2.00 bits per heavy atom. The minimum Gasteiger partial charge on any atom is -0.494 e. The minimum atomic E-state index is 0.172. The van der Waals surface area contributed by atoms with Gasteiger partial charge in [0.15, 0.2) is 5.82 Å². The third kappa shape index (κ3) is 3.77. The average molecular weight is 435 g/mol. The van der Waals surface area contributed by atoms with Crippen molar-refractivity contribution in [2.75, 3.05) is 12.4 Å². The molecule has 0 aliphatic carbocycles. The van der Waals surface area contributed by atoms with Gasteiger partial charge in [0.1, 0.15) is 5.75 Å². The van der Waals surface area contributed by atoms with Gasteiger partial charge in [-0.05, 0) is 56.0 Å². The van der Waals surface area contributed by atoms with E-state index in [1.807, 2.05) is 52.7 Å². The van der Waals surface area contributed by atoms with Gasteiger partial charge in [0.25, 0.3) is 0 Å². The van der Waals surface area contributed by atoms with E-state index in [-0.39, 0.29) is 6.04 Å². The highest BCUT2D eigenvalue weighted by Crippen LogP contribution is 2.35. The molecule has 1 aliphatic heterocycles. The Balaban J connectivity index is 1.43. The molecule has 1 unspecified atom stereocenters. The summed E-state index contributed by atoms with van der Waals surface area (Å²) in [5.41, 5.74) is 5.09. The van der Waals surface area contributed by atoms with Gasteiger partial charge in [0.05, 0.1) is 36.6 Å². The molecule has 0 saturated heterocycles. The number of rotatable bonds is 5. The first kappa shape index (κ1) is 19.6. The molecular weight excluding hydrogens is 412 g/mol. The van der Waals surface area contributed by atoms with E-state index >= 15 is 0 Å². The van der Waals surface area contributed by atoms with Gasteiger partial charge in [-0.1, -0.05) is 28.9 Å². The van der Waals surface area contributed by atoms with Crippen molar-refractivity contribution in [1.29, 1.82) is 0 Å². The maximum Gasteiger partial charge on any atom is 0.176 e. The zero-order valence-corrected chi connectivity index (χ0v) is 18.2. The highest BCUT2D eigenvalue weighted by Gasteiger charge is 2.26. The van der Waals surface area contributed by atoms with Crippen LogP contribution in [0.15, 0.2) is 55.0 Å². The van der Waals surface area contributed by atoms with Gasteiger partial charge in [0.2, 0.25) is 0 Å². The van der Waals surface area contributed by atoms with Crippen LogP contribution in [-0.2, 0) is 6.42 Å². The number of fused-ring (bicyclic) bond motifs is 1. The zero-order chi connectivity index (χ0) is 21.4. The molecule has 3 heterocycles. The second-order valence-corrected chi connectivity index (χ2v) is 8.16. The minimum absolute atomic E-state index is 0.172. The van der Waals surface area contributed by atoms with Crippen LogP contribution < -0.4 is 10.1 Å². The van der Waals surface area contributed by atoms with Gasteiger partial charge in [0, 0.05) is 23.0 Å². The zero-order valence-electron chi connectivity index (χ0n) is 17.4. The van der Waals surface area contributed by atoms with Crippen molar-refractivity contribution in [1.82, 2.24) is 24.5 Å². The summed E-state index contributed by atoms with van der Waals surface area (Å²) >= 11 is 6.06. The van der Waals surface area contributed by atoms with Gasteiger partial charge < -0.3 is 14.6 Å². The molecule has 4 aromatic rings. The first-order chi connectivity index (χ1) is 15.1. The lowest BCUT2D eigenvalue weighted by atomic mass is 9.96. The van der Waals surface area contributed by atoms with Crippen LogP contribution in [0.2, 0.25) is 5.02 Å². The number of imidazole rings is 1. The first-order valence-electron chi connectivity index (χ1n) is 10.3. The number of hydrogen-bond acceptors (Lipinski definition) is 5. The van der Waals surface area contributed by atoms with Crippen molar-refractivity contribution in [3.63, 3.8) is 0 Å². The van der Waals surface area contributed by atoms with Crippen LogP contribution in [0.3, 0.4) is 0 Å². The SMILES string of the molecule is COc1cc(Nc2nnn3c2CCCC3c2ccc(Cl)cc2)ccc1-n1cnc(C)c1. The molecule has 0 spiro atoms. The van der Waals surface area contributed by atoms with Crippen LogP contribution >= 0.6 is 11.6 Å². The summed E-state index contributed by atoms with van der Waals surface area (Å²) in [6.45, 7) is 1.96. The van der Waals surface area contributed by atoms with Crippen LogP contribution in [0.25, 0.3) is 5.69 Å². The summed E-state index contributed by atoms with van der Waals surface area (Å²) in [6, 6.07) is 14.2. The molecule has 5 rings (SSSR count). The van der Waals surface area contributed by atoms with Crippen molar-refractivity contribution in [2.24, 2.45) is 0 Å². The number of nitrogens with zero attached hydrogens (tertiary/aromatic N) is 5. The fourth-order valence-corrected chi connectivity index (χ4v) is 4.26. The standard InChI is InChI=1S/C23H23ClN6O/c1-15-13-29(14-25-15)20-11-10-18(12-22(20)31-2)26-23-21-5-3-4-19(30(21)28-27-23)16-6-8-17(24)9-7-16/h6-14,19,26H,3-5H2,1-2H3. The maximum absolute atomic E-state index is 6.06. The molecule has 0 amide bonds. The van der Waals surface area contributed by atoms with Gasteiger partial charge in [-0.3, -0.25) is 0 Å². The van der Waals surface area contributed by atoms with E-state index < -0.39 is 0 Å². The Morgan fingerprint density at radius 1 is 1.16 bits per heavy atom. The van der Waals surface area contributed by atoms with E-state index in [4.69, 9.17) is 16.3 Å². The molecule has 31 heavy (non-hydrogen) atoms. The van der Waals surface area contributed by atoms with E-state index in [0.717, 1.165) is 58.6 Å². The number of aryl methyl sites for hydroxylation is 1. The van der Waals surface area contributed by atoms with Crippen LogP contribution in [0, 0.1) is 6.92 Å². The normalized spacial score (nSPS) is 15.5. The van der Waals surface area contributed by atoms with E-state index in [0.29, 0.717) is 0 Å². The molecule has 1 atom stereocenters. The monoisotopic (exact) mass is 434 g/mol. The van der Waals surface area contributed by atoms with Crippen LogP contribution in [0.4, 0.5) is 11.5 Å². The van der Waals surface area contributed by atoms with E-state index in [1.54, 1.807) is 13.4 Å². The fraction of sp³-hybridized carbons (Fsp3) is 0.261. The third-order valence-corrected chi connectivity index (χ3v) is 5.92. The number of hydrogen-bond donors (Lipinski definition) is 1. The van der Waals surface area contributed by atoms with Crippen molar-refractivity contribution >= 4 is 23.1 Å². The van der Waals surface area contributed by atoms with Gasteiger partial charge in [-0.2, -0.15) is 0 Å². The number of benzene rings is 2. The summed E-state index contributed by atoms with van der Waals surface area (Å²) < 4.78 is 9.62. The average Bonchev–Trinajstić information content (AvgIpc) is 3.40. The Kier molecular flexibility index (Phi) is 5.11. The van der Waals surface area contributed by atoms with Gasteiger partial charge in [-0.15, -0.1) is 5.10 Å². The molecular formula is C23H23ClN6O. The third-order valence-electron chi connectivity index (χ3n) is 5.66. The summed E-state index contributed by atoms with van der Waals surface area (Å²) in [7, 11) is 1.67. The topological polar surface area (TPSA) is 69.8 Å². The predicted molar refractivity (Wildman–Crippen MR) is 121 cm³/mol. The molecule has 158 valence electrons. The number of ether oxygens (including phenoxy) is 1. The Morgan fingerprint density at radius 3 is 2.74 bits per heavy atom. The van der Waals surface area contributed by atoms with Crippen LogP contribution in [0.1, 0.15) is 35.8 Å². The molecule has 7 nitrogen and oxygen atoms in total. The van der Waals surface area contributed by atoms with E-state index in [9.17, 15) is 0 Å². The summed E-state index contributed by atoms with van der Waals surface area (Å²) in [6.07, 6.45) is 6.80. The van der Waals surface area contributed by atoms with E-state index in [2.05, 4.69) is 32.7 Å². The number of anilines is 2. The summed E-state index contributed by atoms with van der Waals surface area (Å²) in [5.74, 6) is 1.54. The first-order valence-corrected chi connectivity index (χ1v) is 10.7. The fourth-order valence-electron chi connectivity index (χ4n) is 4.13. The predicted octanol–water partition coefficient (Wildman–Crippen LogP) is 5.10. The summed E-state index contributed by atoms with van der Waals surface area (Å²) in [4.78, 5) is 4.30. The lowest BCUT2D eigenvalue weighted by molar-refractivity contribution is 0.409. The number of halogens is 1. The van der Waals surface area contributed by atoms with Gasteiger partial charge >= 0.3 is 0 Å². The molecule has 8 heteroatoms. The van der Waals surface area contributed by atoms with Crippen molar-refractivity contribution < 1.29 is 4.74 Å². The molecule has 1 N–H and O–H groups in total. The lowest BCUT2D eigenvalue weighted by Gasteiger charge is -2.24. The Bertz CT molecular complexity index is 1210. The summed E-state index contributed by atoms with van der Waals surface area (Å²) in [5, 5.41) is 13.1. The molecule has 1 aliphatic rings. The van der Waals surface area contributed by atoms with Crippen molar-refractivity contribution in [2.45, 2.75) is 32.2 Å². The smallest absolute Gasteiger partial charge is 0.176 e. The molecule has 0 saturated carbocycles.